The molecule has 276 valence electrons. The zero-order chi connectivity index (χ0) is 38.0. The highest BCUT2D eigenvalue weighted by molar-refractivity contribution is 5.80. The number of hydrogen-bond acceptors (Lipinski definition) is 7. The quantitative estimate of drug-likeness (QED) is 0.0969. The molecule has 2 aromatic heterocycles. The third-order valence-electron chi connectivity index (χ3n) is 10.1. The van der Waals surface area contributed by atoms with E-state index in [1.165, 1.54) is 5.56 Å². The van der Waals surface area contributed by atoms with Crippen LogP contribution < -0.4 is 4.74 Å². The van der Waals surface area contributed by atoms with Crippen molar-refractivity contribution >= 4 is 0 Å². The van der Waals surface area contributed by atoms with Crippen molar-refractivity contribution < 1.29 is 4.74 Å². The van der Waals surface area contributed by atoms with E-state index in [-0.39, 0.29) is 0 Å². The van der Waals surface area contributed by atoms with Gasteiger partial charge in [-0.05, 0) is 57.0 Å². The van der Waals surface area contributed by atoms with Gasteiger partial charge in [0.1, 0.15) is 12.3 Å². The van der Waals surface area contributed by atoms with Gasteiger partial charge in [-0.3, -0.25) is 0 Å². The first-order valence-corrected chi connectivity index (χ1v) is 19.3. The Morgan fingerprint density at radius 1 is 0.536 bits per heavy atom. The maximum absolute atomic E-state index is 6.37. The van der Waals surface area contributed by atoms with Crippen LogP contribution in [0.3, 0.4) is 0 Å². The summed E-state index contributed by atoms with van der Waals surface area (Å²) in [6.45, 7) is 2.53. The van der Waals surface area contributed by atoms with Gasteiger partial charge in [-0.2, -0.15) is 4.98 Å². The monoisotopic (exact) mass is 733 g/mol. The zero-order valence-electron chi connectivity index (χ0n) is 31.4. The molecule has 56 heavy (non-hydrogen) atoms. The van der Waals surface area contributed by atoms with Crippen molar-refractivity contribution in [1.29, 1.82) is 0 Å². The molecule has 0 aliphatic rings. The van der Waals surface area contributed by atoms with E-state index in [1.807, 2.05) is 36.4 Å². The van der Waals surface area contributed by atoms with Crippen LogP contribution in [0, 0.1) is 0 Å². The molecule has 0 saturated heterocycles. The Morgan fingerprint density at radius 2 is 1.11 bits per heavy atom. The molecule has 8 nitrogen and oxygen atoms in total. The molecule has 0 N–H and O–H groups in total. The van der Waals surface area contributed by atoms with Crippen molar-refractivity contribution in [2.24, 2.45) is 0 Å². The lowest BCUT2D eigenvalue weighted by atomic mass is 9.77. The normalized spacial score (nSPS) is 11.4. The van der Waals surface area contributed by atoms with E-state index < -0.39 is 5.54 Å². The Labute approximate surface area is 327 Å². The minimum absolute atomic E-state index is 0.364. The summed E-state index contributed by atoms with van der Waals surface area (Å²) in [5.41, 5.74) is 8.22. The van der Waals surface area contributed by atoms with Crippen LogP contribution >= 0.6 is 0 Å². The van der Waals surface area contributed by atoms with E-state index in [4.69, 9.17) is 25.1 Å². The first-order chi connectivity index (χ1) is 27.7. The van der Waals surface area contributed by atoms with Crippen LogP contribution in [0.25, 0.3) is 22.5 Å². The van der Waals surface area contributed by atoms with Gasteiger partial charge in [0.05, 0.1) is 0 Å². The fourth-order valence-electron chi connectivity index (χ4n) is 7.20. The zero-order valence-corrected chi connectivity index (χ0v) is 31.4. The second-order valence-corrected chi connectivity index (χ2v) is 13.8. The van der Waals surface area contributed by atoms with E-state index in [1.54, 1.807) is 4.80 Å². The van der Waals surface area contributed by atoms with Gasteiger partial charge < -0.3 is 4.74 Å². The van der Waals surface area contributed by atoms with E-state index in [0.29, 0.717) is 24.7 Å². The molecule has 0 bridgehead atoms. The summed E-state index contributed by atoms with van der Waals surface area (Å²) in [5.74, 6) is 1.82. The first kappa shape index (κ1) is 36.2. The van der Waals surface area contributed by atoms with Crippen LogP contribution in [0.4, 0.5) is 0 Å². The van der Waals surface area contributed by atoms with Crippen LogP contribution in [-0.4, -0.2) is 35.4 Å². The Balaban J connectivity index is 1.08. The van der Waals surface area contributed by atoms with Gasteiger partial charge in [0.2, 0.25) is 11.7 Å². The molecule has 8 aromatic rings. The standard InChI is InChI=1S/C48H43N7O/c1-2-3-28-45-49-47(44(50-51-45)34-31-36-18-8-4-9-19-36)56-35-37-29-32-38(33-30-37)42-26-16-17-27-43(42)46-52-54-55(53-46)48(39-20-10-5-11-21-39,40-22-12-6-13-23-40)41-24-14-7-15-25-41/h4-27,29-30,32-33H,2-3,28,31,34-35H2,1H3. The smallest absolute Gasteiger partial charge is 0.239 e. The van der Waals surface area contributed by atoms with Crippen LogP contribution in [0.1, 0.15) is 59.1 Å². The topological polar surface area (TPSA) is 91.5 Å². The molecule has 0 atom stereocenters. The lowest BCUT2D eigenvalue weighted by Gasteiger charge is -2.34. The Morgan fingerprint density at radius 3 is 1.71 bits per heavy atom. The summed E-state index contributed by atoms with van der Waals surface area (Å²) in [7, 11) is 0. The molecule has 0 unspecified atom stereocenters. The van der Waals surface area contributed by atoms with Crippen molar-refractivity contribution in [2.75, 3.05) is 0 Å². The molecule has 2 heterocycles. The molecule has 0 fully saturated rings. The van der Waals surface area contributed by atoms with Gasteiger partial charge >= 0.3 is 0 Å². The van der Waals surface area contributed by atoms with Crippen molar-refractivity contribution in [3.05, 3.63) is 209 Å². The summed E-state index contributed by atoms with van der Waals surface area (Å²) < 4.78 is 6.37. The minimum Gasteiger partial charge on any atom is -0.471 e. The van der Waals surface area contributed by atoms with Gasteiger partial charge in [0, 0.05) is 18.4 Å². The first-order valence-electron chi connectivity index (χ1n) is 19.3. The van der Waals surface area contributed by atoms with Crippen molar-refractivity contribution in [3.8, 4) is 28.4 Å². The number of benzene rings is 6. The highest BCUT2D eigenvalue weighted by Gasteiger charge is 2.41. The molecule has 0 aliphatic heterocycles. The van der Waals surface area contributed by atoms with Crippen LogP contribution in [-0.2, 0) is 31.4 Å². The number of ether oxygens (including phenoxy) is 1. The number of nitrogens with zero attached hydrogens (tertiary/aromatic N) is 7. The fraction of sp³-hybridized carbons (Fsp3) is 0.167. The number of hydrogen-bond donors (Lipinski definition) is 0. The number of aromatic nitrogens is 7. The van der Waals surface area contributed by atoms with Gasteiger partial charge in [-0.1, -0.05) is 183 Å². The Kier molecular flexibility index (Phi) is 11.1. The fourth-order valence-corrected chi connectivity index (χ4v) is 7.20. The number of aryl methyl sites for hydroxylation is 3. The van der Waals surface area contributed by atoms with Crippen molar-refractivity contribution in [1.82, 2.24) is 35.4 Å². The number of tetrazole rings is 1. The lowest BCUT2D eigenvalue weighted by molar-refractivity contribution is 0.285. The number of rotatable bonds is 15. The highest BCUT2D eigenvalue weighted by Crippen LogP contribution is 2.40. The van der Waals surface area contributed by atoms with E-state index in [2.05, 4.69) is 151 Å². The largest absolute Gasteiger partial charge is 0.471 e. The lowest BCUT2D eigenvalue weighted by Crippen LogP contribution is -2.39. The van der Waals surface area contributed by atoms with Crippen molar-refractivity contribution in [2.45, 2.75) is 51.2 Å². The maximum atomic E-state index is 6.37. The Hall–Kier alpha value is -6.80. The summed E-state index contributed by atoms with van der Waals surface area (Å²) in [6.07, 6.45) is 4.39. The van der Waals surface area contributed by atoms with Gasteiger partial charge in [0.25, 0.3) is 0 Å². The van der Waals surface area contributed by atoms with Crippen molar-refractivity contribution in [3.63, 3.8) is 0 Å². The SMILES string of the molecule is CCCCc1nnc(CCc2ccccc2)c(OCc2ccc(-c3ccccc3-c3nnn(C(c4ccccc4)(c4ccccc4)c4ccccc4)n3)cc2)n1. The van der Waals surface area contributed by atoms with Crippen LogP contribution in [0.15, 0.2) is 170 Å². The average Bonchev–Trinajstić information content (AvgIpc) is 3.77. The van der Waals surface area contributed by atoms with Crippen LogP contribution in [0.5, 0.6) is 5.88 Å². The van der Waals surface area contributed by atoms with Crippen LogP contribution in [0.2, 0.25) is 0 Å². The molecule has 8 rings (SSSR count). The molecule has 0 radical (unpaired) electrons. The predicted octanol–water partition coefficient (Wildman–Crippen LogP) is 9.74. The summed E-state index contributed by atoms with van der Waals surface area (Å²) in [5, 5.41) is 23.7. The minimum atomic E-state index is -0.858. The summed E-state index contributed by atoms with van der Waals surface area (Å²) >= 11 is 0. The Bertz CT molecular complexity index is 2360. The second-order valence-electron chi connectivity index (χ2n) is 13.8. The third-order valence-corrected chi connectivity index (χ3v) is 10.1. The summed E-state index contributed by atoms with van der Waals surface area (Å²) in [6, 6.07) is 58.2. The predicted molar refractivity (Wildman–Crippen MR) is 220 cm³/mol. The van der Waals surface area contributed by atoms with E-state index >= 15 is 0 Å². The summed E-state index contributed by atoms with van der Waals surface area (Å²) in [4.78, 5) is 6.57. The highest BCUT2D eigenvalue weighted by atomic mass is 16.5. The molecule has 6 aromatic carbocycles. The van der Waals surface area contributed by atoms with E-state index in [9.17, 15) is 0 Å². The molecule has 8 heteroatoms. The average molecular weight is 734 g/mol. The second kappa shape index (κ2) is 17.1. The molecule has 0 spiro atoms. The third kappa shape index (κ3) is 7.72. The van der Waals surface area contributed by atoms with Gasteiger partial charge in [0.15, 0.2) is 11.4 Å². The maximum Gasteiger partial charge on any atom is 0.239 e. The molecule has 0 aliphatic carbocycles. The molecular weight excluding hydrogens is 691 g/mol. The molecule has 0 saturated carbocycles. The molecular formula is C48H43N7O. The van der Waals surface area contributed by atoms with Gasteiger partial charge in [-0.15, -0.1) is 25.2 Å². The van der Waals surface area contributed by atoms with Gasteiger partial charge in [-0.25, -0.2) is 0 Å². The molecule has 0 amide bonds. The van der Waals surface area contributed by atoms with E-state index in [0.717, 1.165) is 76.1 Å². The number of unbranched alkanes of at least 4 members (excludes halogenated alkanes) is 1.